The van der Waals surface area contributed by atoms with Crippen molar-refractivity contribution in [1.82, 2.24) is 4.72 Å². The van der Waals surface area contributed by atoms with Gasteiger partial charge >= 0.3 is 12.5 Å². The van der Waals surface area contributed by atoms with E-state index in [0.29, 0.717) is 12.0 Å². The third-order valence-electron chi connectivity index (χ3n) is 3.96. The number of rotatable bonds is 8. The summed E-state index contributed by atoms with van der Waals surface area (Å²) in [5.41, 5.74) is -0.581. The van der Waals surface area contributed by atoms with E-state index in [1.54, 1.807) is 0 Å². The monoisotopic (exact) mass is 453 g/mol. The third kappa shape index (κ3) is 6.77. The summed E-state index contributed by atoms with van der Waals surface area (Å²) >= 11 is 0. The summed E-state index contributed by atoms with van der Waals surface area (Å²) in [4.78, 5) is -0.326. The summed E-state index contributed by atoms with van der Waals surface area (Å²) in [5.74, 6) is -0.590. The van der Waals surface area contributed by atoms with Crippen LogP contribution in [0, 0.1) is 0 Å². The zero-order valence-corrected chi connectivity index (χ0v) is 16.1. The van der Waals surface area contributed by atoms with Crippen LogP contribution >= 0.6 is 0 Å². The topological polar surface area (TPSA) is 55.4 Å². The predicted molar refractivity (Wildman–Crippen MR) is 97.1 cm³/mol. The van der Waals surface area contributed by atoms with Crippen molar-refractivity contribution < 1.29 is 39.5 Å². The number of nitrogens with one attached hydrogen (secondary N) is 1. The minimum Gasteiger partial charge on any atom is -0.406 e. The van der Waals surface area contributed by atoms with Gasteiger partial charge in [-0.3, -0.25) is 0 Å². The van der Waals surface area contributed by atoms with Crippen molar-refractivity contribution in [1.29, 1.82) is 0 Å². The molecule has 0 aliphatic carbocycles. The van der Waals surface area contributed by atoms with Crippen molar-refractivity contribution in [3.05, 3.63) is 72.3 Å². The van der Waals surface area contributed by atoms with Gasteiger partial charge in [0.25, 0.3) is 0 Å². The van der Waals surface area contributed by atoms with Crippen LogP contribution in [0.15, 0.2) is 66.1 Å². The Bertz CT molecular complexity index is 952. The number of hydrogen-bond donors (Lipinski definition) is 1. The fourth-order valence-corrected chi connectivity index (χ4v) is 3.82. The van der Waals surface area contributed by atoms with Crippen LogP contribution in [-0.4, -0.2) is 14.8 Å². The SMILES string of the molecule is C=CCC[C@H](NS(=O)(=O)c1ccc(OC(F)(F)F)cc1)c1ccc(C(F)(F)F)cc1. The molecule has 0 spiro atoms. The molecule has 2 aromatic rings. The van der Waals surface area contributed by atoms with Crippen LogP contribution in [0.2, 0.25) is 0 Å². The Morgan fingerprint density at radius 2 is 1.53 bits per heavy atom. The molecule has 2 aromatic carbocycles. The zero-order valence-electron chi connectivity index (χ0n) is 15.3. The molecule has 30 heavy (non-hydrogen) atoms. The maximum absolute atomic E-state index is 12.7. The normalized spacial score (nSPS) is 13.7. The zero-order chi connectivity index (χ0) is 22.6. The summed E-state index contributed by atoms with van der Waals surface area (Å²) in [7, 11) is -4.18. The molecular formula is C19H17F6NO3S. The van der Waals surface area contributed by atoms with Gasteiger partial charge in [-0.2, -0.15) is 13.2 Å². The Kier molecular flexibility index (Phi) is 7.19. The molecule has 2 rings (SSSR count). The number of hydrogen-bond acceptors (Lipinski definition) is 3. The molecule has 0 aliphatic heterocycles. The van der Waals surface area contributed by atoms with E-state index < -0.39 is 39.9 Å². The van der Waals surface area contributed by atoms with E-state index in [0.717, 1.165) is 36.4 Å². The molecule has 0 aromatic heterocycles. The van der Waals surface area contributed by atoms with Gasteiger partial charge in [0.1, 0.15) is 5.75 Å². The van der Waals surface area contributed by atoms with Gasteiger partial charge in [0.15, 0.2) is 0 Å². The molecule has 164 valence electrons. The van der Waals surface area contributed by atoms with Gasteiger partial charge in [0.05, 0.1) is 10.5 Å². The van der Waals surface area contributed by atoms with Crippen LogP contribution < -0.4 is 9.46 Å². The van der Waals surface area contributed by atoms with E-state index in [1.165, 1.54) is 18.2 Å². The second-order valence-corrected chi connectivity index (χ2v) is 7.89. The Morgan fingerprint density at radius 1 is 0.967 bits per heavy atom. The Labute approximate surface area is 169 Å². The van der Waals surface area contributed by atoms with Gasteiger partial charge in [0.2, 0.25) is 10.0 Å². The minimum absolute atomic E-state index is 0.212. The molecule has 0 heterocycles. The summed E-state index contributed by atoms with van der Waals surface area (Å²) in [5, 5.41) is 0. The van der Waals surface area contributed by atoms with E-state index >= 15 is 0 Å². The lowest BCUT2D eigenvalue weighted by molar-refractivity contribution is -0.274. The minimum atomic E-state index is -4.92. The molecule has 1 atom stereocenters. The molecule has 0 saturated carbocycles. The molecule has 0 aliphatic rings. The maximum atomic E-state index is 12.7. The van der Waals surface area contributed by atoms with Crippen LogP contribution in [0.1, 0.15) is 30.0 Å². The standard InChI is InChI=1S/C19H17F6NO3S/c1-2-3-4-17(13-5-7-14(8-6-13)18(20,21)22)26-30(27,28)16-11-9-15(10-12-16)29-19(23,24)25/h2,5-12,17,26H,1,3-4H2/t17-/m0/s1. The summed E-state index contributed by atoms with van der Waals surface area (Å²) in [6, 6.07) is 6.70. The summed E-state index contributed by atoms with van der Waals surface area (Å²) in [6.45, 7) is 3.53. The second kappa shape index (κ2) is 9.09. The van der Waals surface area contributed by atoms with Crippen LogP contribution in [0.4, 0.5) is 26.3 Å². The van der Waals surface area contributed by atoms with Crippen LogP contribution in [-0.2, 0) is 16.2 Å². The number of sulfonamides is 1. The van der Waals surface area contributed by atoms with Crippen molar-refractivity contribution in [3.63, 3.8) is 0 Å². The van der Waals surface area contributed by atoms with Crippen LogP contribution in [0.5, 0.6) is 5.75 Å². The fourth-order valence-electron chi connectivity index (χ4n) is 2.56. The summed E-state index contributed by atoms with van der Waals surface area (Å²) in [6.07, 6.45) is -7.35. The Hall–Kier alpha value is -2.53. The average Bonchev–Trinajstić information content (AvgIpc) is 2.63. The van der Waals surface area contributed by atoms with E-state index in [-0.39, 0.29) is 11.3 Å². The summed E-state index contributed by atoms with van der Waals surface area (Å²) < 4.78 is 106. The third-order valence-corrected chi connectivity index (χ3v) is 5.45. The first-order valence-electron chi connectivity index (χ1n) is 8.48. The van der Waals surface area contributed by atoms with Crippen molar-refractivity contribution in [3.8, 4) is 5.75 Å². The van der Waals surface area contributed by atoms with Crippen LogP contribution in [0.3, 0.4) is 0 Å². The van der Waals surface area contributed by atoms with Gasteiger partial charge < -0.3 is 4.74 Å². The van der Waals surface area contributed by atoms with Crippen molar-refractivity contribution >= 4 is 10.0 Å². The Morgan fingerprint density at radius 3 is 2.00 bits per heavy atom. The van der Waals surface area contributed by atoms with E-state index in [1.807, 2.05) is 0 Å². The number of benzene rings is 2. The molecule has 11 heteroatoms. The van der Waals surface area contributed by atoms with Crippen LogP contribution in [0.25, 0.3) is 0 Å². The number of alkyl halides is 6. The average molecular weight is 453 g/mol. The van der Waals surface area contributed by atoms with Gasteiger partial charge in [-0.25, -0.2) is 13.1 Å². The van der Waals surface area contributed by atoms with E-state index in [4.69, 9.17) is 0 Å². The molecule has 0 fully saturated rings. The second-order valence-electron chi connectivity index (χ2n) is 6.18. The molecule has 0 bridgehead atoms. The first-order chi connectivity index (χ1) is 13.8. The highest BCUT2D eigenvalue weighted by Gasteiger charge is 2.32. The lowest BCUT2D eigenvalue weighted by atomic mass is 10.0. The van der Waals surface area contributed by atoms with Crippen molar-refractivity contribution in [2.75, 3.05) is 0 Å². The highest BCUT2D eigenvalue weighted by Crippen LogP contribution is 2.31. The molecule has 1 N–H and O–H groups in total. The quantitative estimate of drug-likeness (QED) is 0.419. The van der Waals surface area contributed by atoms with Gasteiger partial charge in [0, 0.05) is 6.04 Å². The molecule has 0 saturated heterocycles. The lowest BCUT2D eigenvalue weighted by Crippen LogP contribution is -2.28. The largest absolute Gasteiger partial charge is 0.573 e. The highest BCUT2D eigenvalue weighted by molar-refractivity contribution is 7.89. The first-order valence-corrected chi connectivity index (χ1v) is 9.96. The predicted octanol–water partition coefficient (Wildman–Crippen LogP) is 5.59. The maximum Gasteiger partial charge on any atom is 0.573 e. The van der Waals surface area contributed by atoms with Gasteiger partial charge in [-0.15, -0.1) is 19.8 Å². The molecule has 0 radical (unpaired) electrons. The molecule has 4 nitrogen and oxygen atoms in total. The molecular weight excluding hydrogens is 436 g/mol. The van der Waals surface area contributed by atoms with Crippen molar-refractivity contribution in [2.24, 2.45) is 0 Å². The molecule has 0 amide bonds. The lowest BCUT2D eigenvalue weighted by Gasteiger charge is -2.20. The Balaban J connectivity index is 2.25. The number of halogens is 6. The van der Waals surface area contributed by atoms with Gasteiger partial charge in [-0.1, -0.05) is 18.2 Å². The molecule has 0 unspecified atom stereocenters. The van der Waals surface area contributed by atoms with E-state index in [9.17, 15) is 34.8 Å². The van der Waals surface area contributed by atoms with E-state index in [2.05, 4.69) is 16.0 Å². The number of allylic oxidation sites excluding steroid dienone is 1. The smallest absolute Gasteiger partial charge is 0.406 e. The number of ether oxygens (including phenoxy) is 1. The first kappa shape index (κ1) is 23.7. The highest BCUT2D eigenvalue weighted by atomic mass is 32.2. The fraction of sp³-hybridized carbons (Fsp3) is 0.263. The van der Waals surface area contributed by atoms with Gasteiger partial charge in [-0.05, 0) is 54.8 Å². The van der Waals surface area contributed by atoms with Crippen molar-refractivity contribution in [2.45, 2.75) is 36.3 Å².